The molecule has 2 fully saturated rings. The van der Waals surface area contributed by atoms with Crippen LogP contribution in [0.5, 0.6) is 5.75 Å². The number of carboxylic acids is 1. The molecule has 1 aromatic heterocycles. The molecule has 0 radical (unpaired) electrons. The molecule has 2 aliphatic rings. The van der Waals surface area contributed by atoms with Gasteiger partial charge < -0.3 is 26.2 Å². The number of phenolic OH excluding ortho intramolecular Hbond substituents is 1. The number of phenols is 1. The summed E-state index contributed by atoms with van der Waals surface area (Å²) in [4.78, 5) is 11.2. The Morgan fingerprint density at radius 1 is 1.17 bits per heavy atom. The molecular weight excluding hydrogens is 391 g/mol. The SMILES string of the molecule is Nc1nnc(-c2ccccc2O)cc1N1C[C@H]2CC[C@@H](C1)N2.O=C(O)C(F)(F)F. The van der Waals surface area contributed by atoms with E-state index in [0.29, 0.717) is 29.2 Å². The number of rotatable bonds is 2. The Kier molecular flexibility index (Phi) is 5.78. The zero-order chi connectivity index (χ0) is 21.2. The van der Waals surface area contributed by atoms with Gasteiger partial charge >= 0.3 is 12.1 Å². The number of aromatic hydroxyl groups is 1. The predicted octanol–water partition coefficient (Wildman–Crippen LogP) is 2.01. The highest BCUT2D eigenvalue weighted by Crippen LogP contribution is 2.33. The van der Waals surface area contributed by atoms with Gasteiger partial charge in [0.2, 0.25) is 0 Å². The molecule has 8 nitrogen and oxygen atoms in total. The van der Waals surface area contributed by atoms with Crippen molar-refractivity contribution in [3.05, 3.63) is 30.3 Å². The summed E-state index contributed by atoms with van der Waals surface area (Å²) in [7, 11) is 0. The zero-order valence-corrected chi connectivity index (χ0v) is 15.2. The number of aliphatic carboxylic acids is 1. The van der Waals surface area contributed by atoms with Crippen LogP contribution in [0.15, 0.2) is 30.3 Å². The molecule has 3 heterocycles. The van der Waals surface area contributed by atoms with Gasteiger partial charge in [0.15, 0.2) is 5.82 Å². The Morgan fingerprint density at radius 3 is 2.31 bits per heavy atom. The highest BCUT2D eigenvalue weighted by atomic mass is 19.4. The summed E-state index contributed by atoms with van der Waals surface area (Å²) in [6.45, 7) is 1.87. The fourth-order valence-electron chi connectivity index (χ4n) is 3.46. The first-order valence-electron chi connectivity index (χ1n) is 8.88. The summed E-state index contributed by atoms with van der Waals surface area (Å²) in [6, 6.07) is 10.1. The highest BCUT2D eigenvalue weighted by molar-refractivity contribution is 5.74. The van der Waals surface area contributed by atoms with Gasteiger partial charge in [0, 0.05) is 30.7 Å². The van der Waals surface area contributed by atoms with E-state index in [1.165, 1.54) is 12.8 Å². The molecule has 4 rings (SSSR count). The number of hydrogen-bond acceptors (Lipinski definition) is 7. The van der Waals surface area contributed by atoms with E-state index in [9.17, 15) is 18.3 Å². The monoisotopic (exact) mass is 411 g/mol. The van der Waals surface area contributed by atoms with Crippen LogP contribution in [-0.4, -0.2) is 57.7 Å². The highest BCUT2D eigenvalue weighted by Gasteiger charge is 2.38. The van der Waals surface area contributed by atoms with E-state index < -0.39 is 12.1 Å². The number of nitrogens with one attached hydrogen (secondary N) is 1. The van der Waals surface area contributed by atoms with Crippen LogP contribution in [0.2, 0.25) is 0 Å². The van der Waals surface area contributed by atoms with Gasteiger partial charge in [0.05, 0.1) is 11.4 Å². The molecule has 29 heavy (non-hydrogen) atoms. The van der Waals surface area contributed by atoms with E-state index >= 15 is 0 Å². The lowest BCUT2D eigenvalue weighted by Crippen LogP contribution is -2.51. The van der Waals surface area contributed by atoms with Gasteiger partial charge in [0.25, 0.3) is 0 Å². The number of fused-ring (bicyclic) bond motifs is 2. The lowest BCUT2D eigenvalue weighted by molar-refractivity contribution is -0.192. The molecule has 5 N–H and O–H groups in total. The van der Waals surface area contributed by atoms with Crippen LogP contribution in [-0.2, 0) is 4.79 Å². The van der Waals surface area contributed by atoms with E-state index in [1.807, 2.05) is 18.2 Å². The quantitative estimate of drug-likeness (QED) is 0.592. The number of hydrogen-bond donors (Lipinski definition) is 4. The first-order chi connectivity index (χ1) is 13.6. The van der Waals surface area contributed by atoms with Crippen LogP contribution in [0.3, 0.4) is 0 Å². The average molecular weight is 411 g/mol. The molecule has 156 valence electrons. The van der Waals surface area contributed by atoms with Crippen molar-refractivity contribution in [3.63, 3.8) is 0 Å². The normalized spacial score (nSPS) is 20.7. The predicted molar refractivity (Wildman–Crippen MR) is 99.4 cm³/mol. The third-order valence-electron chi connectivity index (χ3n) is 4.78. The molecule has 2 bridgehead atoms. The maximum absolute atomic E-state index is 10.6. The van der Waals surface area contributed by atoms with E-state index in [1.54, 1.807) is 12.1 Å². The molecule has 0 amide bonds. The van der Waals surface area contributed by atoms with Gasteiger partial charge in [-0.1, -0.05) is 12.1 Å². The van der Waals surface area contributed by atoms with Crippen molar-refractivity contribution < 1.29 is 28.2 Å². The first-order valence-corrected chi connectivity index (χ1v) is 8.88. The largest absolute Gasteiger partial charge is 0.507 e. The van der Waals surface area contributed by atoms with E-state index in [2.05, 4.69) is 20.4 Å². The number of benzene rings is 1. The number of nitrogens with two attached hydrogens (primary N) is 1. The molecule has 2 aromatic rings. The van der Waals surface area contributed by atoms with Gasteiger partial charge in [-0.15, -0.1) is 10.2 Å². The van der Waals surface area contributed by atoms with Crippen molar-refractivity contribution >= 4 is 17.5 Å². The number of carbonyl (C=O) groups is 1. The molecular formula is C18H20F3N5O3. The van der Waals surface area contributed by atoms with Crippen LogP contribution < -0.4 is 16.0 Å². The number of alkyl halides is 3. The van der Waals surface area contributed by atoms with Crippen LogP contribution in [0.1, 0.15) is 12.8 Å². The van der Waals surface area contributed by atoms with E-state index in [0.717, 1.165) is 18.8 Å². The average Bonchev–Trinajstić information content (AvgIpc) is 3.00. The van der Waals surface area contributed by atoms with Gasteiger partial charge in [0.1, 0.15) is 5.75 Å². The number of aromatic nitrogens is 2. The Bertz CT molecular complexity index is 881. The van der Waals surface area contributed by atoms with Crippen molar-refractivity contribution in [2.75, 3.05) is 23.7 Å². The maximum Gasteiger partial charge on any atom is 0.490 e. The number of anilines is 2. The van der Waals surface area contributed by atoms with Crippen molar-refractivity contribution in [2.45, 2.75) is 31.1 Å². The van der Waals surface area contributed by atoms with Crippen LogP contribution in [0, 0.1) is 0 Å². The summed E-state index contributed by atoms with van der Waals surface area (Å²) in [5.74, 6) is -2.11. The van der Waals surface area contributed by atoms with Crippen LogP contribution >= 0.6 is 0 Å². The van der Waals surface area contributed by atoms with Crippen molar-refractivity contribution in [2.24, 2.45) is 0 Å². The molecule has 2 saturated heterocycles. The first kappa shape index (κ1) is 20.6. The molecule has 0 aliphatic carbocycles. The Balaban J connectivity index is 0.000000298. The number of nitrogen functional groups attached to an aromatic ring is 1. The Hall–Kier alpha value is -3.08. The fourth-order valence-corrected chi connectivity index (χ4v) is 3.46. The summed E-state index contributed by atoms with van der Waals surface area (Å²) in [5.41, 5.74) is 8.28. The smallest absolute Gasteiger partial charge is 0.490 e. The minimum Gasteiger partial charge on any atom is -0.507 e. The summed E-state index contributed by atoms with van der Waals surface area (Å²) < 4.78 is 31.7. The van der Waals surface area contributed by atoms with Crippen LogP contribution in [0.25, 0.3) is 11.3 Å². The second-order valence-corrected chi connectivity index (χ2v) is 6.86. The minimum atomic E-state index is -5.08. The second-order valence-electron chi connectivity index (χ2n) is 6.86. The standard InChI is InChI=1S/C16H19N5O.C2HF3O2/c17-16-14(21-8-10-5-6-11(9-21)18-10)7-13(19-20-16)12-3-1-2-4-15(12)22;3-2(4,5)1(6)7/h1-4,7,10-11,18,22H,5-6,8-9H2,(H2,17,20);(H,6,7)/t10-,11+;. The molecule has 11 heteroatoms. The third-order valence-corrected chi connectivity index (χ3v) is 4.78. The molecule has 2 atom stereocenters. The van der Waals surface area contributed by atoms with Crippen molar-refractivity contribution in [1.82, 2.24) is 15.5 Å². The number of nitrogens with zero attached hydrogens (tertiary/aromatic N) is 3. The molecule has 0 saturated carbocycles. The molecule has 0 spiro atoms. The van der Waals surface area contributed by atoms with Gasteiger partial charge in [-0.3, -0.25) is 0 Å². The zero-order valence-electron chi connectivity index (χ0n) is 15.2. The number of halogens is 3. The topological polar surface area (TPSA) is 125 Å². The lowest BCUT2D eigenvalue weighted by atomic mass is 10.1. The van der Waals surface area contributed by atoms with Crippen LogP contribution in [0.4, 0.5) is 24.7 Å². The number of para-hydroxylation sites is 1. The summed E-state index contributed by atoms with van der Waals surface area (Å²) in [6.07, 6.45) is -2.65. The summed E-state index contributed by atoms with van der Waals surface area (Å²) >= 11 is 0. The number of piperazine rings is 1. The Morgan fingerprint density at radius 2 is 1.76 bits per heavy atom. The van der Waals surface area contributed by atoms with Crippen molar-refractivity contribution in [1.29, 1.82) is 0 Å². The summed E-state index contributed by atoms with van der Waals surface area (Å²) in [5, 5.41) is 29.0. The molecule has 2 aliphatic heterocycles. The number of carboxylic acid groups (broad SMARTS) is 1. The minimum absolute atomic E-state index is 0.202. The second kappa shape index (κ2) is 8.11. The van der Waals surface area contributed by atoms with Gasteiger partial charge in [-0.2, -0.15) is 13.2 Å². The van der Waals surface area contributed by atoms with Crippen molar-refractivity contribution in [3.8, 4) is 17.0 Å². The third kappa shape index (κ3) is 4.86. The Labute approximate surface area is 164 Å². The van der Waals surface area contributed by atoms with E-state index in [-0.39, 0.29) is 5.75 Å². The molecule has 0 unspecified atom stereocenters. The van der Waals surface area contributed by atoms with E-state index in [4.69, 9.17) is 15.6 Å². The van der Waals surface area contributed by atoms with Gasteiger partial charge in [-0.25, -0.2) is 4.79 Å². The molecule has 1 aromatic carbocycles. The fraction of sp³-hybridized carbons (Fsp3) is 0.389. The lowest BCUT2D eigenvalue weighted by Gasteiger charge is -2.34. The van der Waals surface area contributed by atoms with Gasteiger partial charge in [-0.05, 0) is 31.0 Å². The maximum atomic E-state index is 10.6.